The van der Waals surface area contributed by atoms with Crippen LogP contribution in [0.5, 0.6) is 5.75 Å². The molecule has 0 fully saturated rings. The van der Waals surface area contributed by atoms with Crippen LogP contribution in [0.1, 0.15) is 21.6 Å². The molecule has 0 radical (unpaired) electrons. The van der Waals surface area contributed by atoms with Gasteiger partial charge in [-0.2, -0.15) is 5.10 Å². The molecule has 0 bridgehead atoms. The molecule has 2 heterocycles. The first kappa shape index (κ1) is 12.1. The Morgan fingerprint density at radius 3 is 3.06 bits per heavy atom. The summed E-state index contributed by atoms with van der Waals surface area (Å²) in [6, 6.07) is 1.56. The highest BCUT2D eigenvalue weighted by Gasteiger charge is 2.11. The minimum absolute atomic E-state index is 0.110. The summed E-state index contributed by atoms with van der Waals surface area (Å²) < 4.78 is 0. The maximum Gasteiger partial charge on any atom is 0.255 e. The molecule has 2 aromatic rings. The van der Waals surface area contributed by atoms with Crippen molar-refractivity contribution < 1.29 is 9.90 Å². The maximum atomic E-state index is 11.8. The molecule has 2 rings (SSSR count). The Kier molecular flexibility index (Phi) is 3.57. The summed E-state index contributed by atoms with van der Waals surface area (Å²) in [7, 11) is 0. The van der Waals surface area contributed by atoms with Crippen LogP contribution < -0.4 is 5.32 Å². The largest absolute Gasteiger partial charge is 0.505 e. The lowest BCUT2D eigenvalue weighted by Crippen LogP contribution is -2.25. The molecule has 0 saturated heterocycles. The van der Waals surface area contributed by atoms with Crippen LogP contribution in [0.25, 0.3) is 0 Å². The average Bonchev–Trinajstić information content (AvgIpc) is 2.85. The Bertz CT molecular complexity index is 537. The number of pyridine rings is 1. The van der Waals surface area contributed by atoms with Crippen LogP contribution in [-0.2, 0) is 6.42 Å². The molecule has 0 unspecified atom stereocenters. The van der Waals surface area contributed by atoms with Crippen LogP contribution >= 0.6 is 0 Å². The number of H-pyrrole nitrogens is 1. The van der Waals surface area contributed by atoms with Gasteiger partial charge in [-0.05, 0) is 25.0 Å². The fraction of sp³-hybridized carbons (Fsp3) is 0.250. The molecule has 94 valence electrons. The molecular weight excluding hydrogens is 232 g/mol. The van der Waals surface area contributed by atoms with Crippen molar-refractivity contribution in [2.45, 2.75) is 13.3 Å². The lowest BCUT2D eigenvalue weighted by molar-refractivity contribution is 0.0951. The van der Waals surface area contributed by atoms with Gasteiger partial charge in [0.05, 0.1) is 18.0 Å². The van der Waals surface area contributed by atoms with E-state index in [1.165, 1.54) is 6.20 Å². The highest BCUT2D eigenvalue weighted by molar-refractivity contribution is 5.96. The normalized spacial score (nSPS) is 10.3. The molecule has 0 aliphatic rings. The highest BCUT2D eigenvalue weighted by atomic mass is 16.3. The van der Waals surface area contributed by atoms with E-state index in [1.54, 1.807) is 25.4 Å². The van der Waals surface area contributed by atoms with E-state index in [4.69, 9.17) is 0 Å². The number of carbonyl (C=O) groups is 1. The predicted octanol–water partition coefficient (Wildman–Crippen LogP) is 0.791. The summed E-state index contributed by atoms with van der Waals surface area (Å²) in [5, 5.41) is 18.8. The monoisotopic (exact) mass is 246 g/mol. The molecule has 2 aromatic heterocycles. The Labute approximate surface area is 104 Å². The zero-order chi connectivity index (χ0) is 13.0. The quantitative estimate of drug-likeness (QED) is 0.744. The number of aromatic nitrogens is 3. The van der Waals surface area contributed by atoms with E-state index in [9.17, 15) is 9.90 Å². The number of rotatable bonds is 4. The molecule has 1 amide bonds. The maximum absolute atomic E-state index is 11.8. The number of aromatic amines is 1. The van der Waals surface area contributed by atoms with E-state index >= 15 is 0 Å². The lowest BCUT2D eigenvalue weighted by atomic mass is 10.2. The van der Waals surface area contributed by atoms with Crippen molar-refractivity contribution >= 4 is 5.91 Å². The van der Waals surface area contributed by atoms with Crippen molar-refractivity contribution in [3.05, 3.63) is 41.5 Å². The SMILES string of the molecule is Cc1cc(C(=O)NCCc2cn[nH]c2)c(O)cn1. The molecule has 6 nitrogen and oxygen atoms in total. The van der Waals surface area contributed by atoms with E-state index < -0.39 is 0 Å². The first-order valence-corrected chi connectivity index (χ1v) is 5.58. The molecule has 0 aliphatic heterocycles. The first-order chi connectivity index (χ1) is 8.66. The number of hydrogen-bond acceptors (Lipinski definition) is 4. The summed E-state index contributed by atoms with van der Waals surface area (Å²) in [5.74, 6) is -0.414. The molecule has 6 heteroatoms. The van der Waals surface area contributed by atoms with E-state index in [-0.39, 0.29) is 17.2 Å². The van der Waals surface area contributed by atoms with E-state index in [0.29, 0.717) is 18.7 Å². The number of nitrogens with zero attached hydrogens (tertiary/aromatic N) is 2. The fourth-order valence-corrected chi connectivity index (χ4v) is 1.56. The van der Waals surface area contributed by atoms with Gasteiger partial charge >= 0.3 is 0 Å². The summed E-state index contributed by atoms with van der Waals surface area (Å²) >= 11 is 0. The van der Waals surface area contributed by atoms with Crippen molar-refractivity contribution in [3.8, 4) is 5.75 Å². The molecule has 18 heavy (non-hydrogen) atoms. The van der Waals surface area contributed by atoms with Crippen molar-refractivity contribution in [2.24, 2.45) is 0 Å². The van der Waals surface area contributed by atoms with E-state index in [1.807, 2.05) is 0 Å². The first-order valence-electron chi connectivity index (χ1n) is 5.58. The van der Waals surface area contributed by atoms with Crippen molar-refractivity contribution in [1.82, 2.24) is 20.5 Å². The highest BCUT2D eigenvalue weighted by Crippen LogP contribution is 2.15. The molecular formula is C12H14N4O2. The zero-order valence-corrected chi connectivity index (χ0v) is 9.97. The van der Waals surface area contributed by atoms with Crippen LogP contribution in [0.15, 0.2) is 24.7 Å². The third-order valence-corrected chi connectivity index (χ3v) is 2.52. The number of nitrogens with one attached hydrogen (secondary N) is 2. The van der Waals surface area contributed by atoms with Crippen LogP contribution in [0.3, 0.4) is 0 Å². The number of aromatic hydroxyl groups is 1. The lowest BCUT2D eigenvalue weighted by Gasteiger charge is -2.06. The summed E-state index contributed by atoms with van der Waals surface area (Å²) in [6.07, 6.45) is 5.45. The molecule has 0 aromatic carbocycles. The van der Waals surface area contributed by atoms with E-state index in [0.717, 1.165) is 5.56 Å². The smallest absolute Gasteiger partial charge is 0.255 e. The second kappa shape index (κ2) is 5.31. The van der Waals surface area contributed by atoms with Crippen molar-refractivity contribution in [3.63, 3.8) is 0 Å². The Morgan fingerprint density at radius 2 is 2.33 bits per heavy atom. The van der Waals surface area contributed by atoms with Crippen LogP contribution in [0, 0.1) is 6.92 Å². The molecule has 0 spiro atoms. The average molecular weight is 246 g/mol. The zero-order valence-electron chi connectivity index (χ0n) is 9.97. The fourth-order valence-electron chi connectivity index (χ4n) is 1.56. The predicted molar refractivity (Wildman–Crippen MR) is 65.3 cm³/mol. The van der Waals surface area contributed by atoms with Crippen LogP contribution in [-0.4, -0.2) is 32.7 Å². The van der Waals surface area contributed by atoms with Gasteiger partial charge < -0.3 is 10.4 Å². The Morgan fingerprint density at radius 1 is 1.50 bits per heavy atom. The Hall–Kier alpha value is -2.37. The minimum Gasteiger partial charge on any atom is -0.505 e. The second-order valence-electron chi connectivity index (χ2n) is 3.96. The van der Waals surface area contributed by atoms with Crippen molar-refractivity contribution in [1.29, 1.82) is 0 Å². The van der Waals surface area contributed by atoms with Gasteiger partial charge in [-0.3, -0.25) is 14.9 Å². The van der Waals surface area contributed by atoms with Gasteiger partial charge in [0.15, 0.2) is 0 Å². The third-order valence-electron chi connectivity index (χ3n) is 2.52. The Balaban J connectivity index is 1.93. The van der Waals surface area contributed by atoms with Gasteiger partial charge in [-0.15, -0.1) is 0 Å². The number of amides is 1. The van der Waals surface area contributed by atoms with Gasteiger partial charge in [-0.1, -0.05) is 0 Å². The molecule has 0 atom stereocenters. The topological polar surface area (TPSA) is 90.9 Å². The summed E-state index contributed by atoms with van der Waals surface area (Å²) in [6.45, 7) is 2.25. The van der Waals surface area contributed by atoms with Gasteiger partial charge in [0.1, 0.15) is 5.75 Å². The summed E-state index contributed by atoms with van der Waals surface area (Å²) in [4.78, 5) is 15.7. The van der Waals surface area contributed by atoms with Gasteiger partial charge in [0, 0.05) is 18.4 Å². The number of carbonyl (C=O) groups excluding carboxylic acids is 1. The minimum atomic E-state index is -0.304. The third kappa shape index (κ3) is 2.85. The molecule has 3 N–H and O–H groups in total. The number of aryl methyl sites for hydroxylation is 1. The number of hydrogen-bond donors (Lipinski definition) is 3. The van der Waals surface area contributed by atoms with Crippen LogP contribution in [0.2, 0.25) is 0 Å². The second-order valence-corrected chi connectivity index (χ2v) is 3.96. The standard InChI is InChI=1S/C12H14N4O2/c1-8-4-10(11(17)7-14-8)12(18)13-3-2-9-5-15-16-6-9/h4-7,17H,2-3H2,1H3,(H,13,18)(H,15,16). The molecule has 0 saturated carbocycles. The van der Waals surface area contributed by atoms with Gasteiger partial charge in [0.25, 0.3) is 5.91 Å². The van der Waals surface area contributed by atoms with Gasteiger partial charge in [-0.25, -0.2) is 0 Å². The molecule has 0 aliphatic carbocycles. The van der Waals surface area contributed by atoms with Crippen LogP contribution in [0.4, 0.5) is 0 Å². The summed E-state index contributed by atoms with van der Waals surface area (Å²) in [5.41, 5.74) is 1.95. The van der Waals surface area contributed by atoms with Crippen molar-refractivity contribution in [2.75, 3.05) is 6.54 Å². The van der Waals surface area contributed by atoms with E-state index in [2.05, 4.69) is 20.5 Å². The van der Waals surface area contributed by atoms with Gasteiger partial charge in [0.2, 0.25) is 0 Å².